The molecule has 1 amide bonds. The Bertz CT molecular complexity index is 289. The van der Waals surface area contributed by atoms with E-state index >= 15 is 0 Å². The molecule has 2 N–H and O–H groups in total. The van der Waals surface area contributed by atoms with Crippen molar-refractivity contribution in [2.45, 2.75) is 38.8 Å². The van der Waals surface area contributed by atoms with Crippen molar-refractivity contribution in [1.82, 2.24) is 5.32 Å². The molecule has 1 unspecified atom stereocenters. The summed E-state index contributed by atoms with van der Waals surface area (Å²) in [5.74, 6) is -0.833. The number of alkyl halides is 1. The number of aliphatic hydroxyl groups is 1. The zero-order valence-corrected chi connectivity index (χ0v) is 11.1. The number of nitrogens with one attached hydrogen (secondary N) is 1. The van der Waals surface area contributed by atoms with Gasteiger partial charge in [-0.1, -0.05) is 11.6 Å². The van der Waals surface area contributed by atoms with E-state index in [0.717, 1.165) is 0 Å². The van der Waals surface area contributed by atoms with Gasteiger partial charge in [0.25, 0.3) is 0 Å². The lowest BCUT2D eigenvalue weighted by Crippen LogP contribution is -2.56. The summed E-state index contributed by atoms with van der Waals surface area (Å²) in [5, 5.41) is 11.4. The standard InChI is InChI=1S/C10H18ClNO5/c1-9(2,3)17-8(15)12-10(4,5-13)7(14)16-6-11/h13H,5-6H2,1-4H3,(H,12,15). The van der Waals surface area contributed by atoms with Crippen molar-refractivity contribution in [2.24, 2.45) is 0 Å². The highest BCUT2D eigenvalue weighted by atomic mass is 35.5. The lowest BCUT2D eigenvalue weighted by atomic mass is 10.1. The normalized spacial score (nSPS) is 14.7. The molecule has 0 aliphatic rings. The van der Waals surface area contributed by atoms with Gasteiger partial charge in [0, 0.05) is 0 Å². The largest absolute Gasteiger partial charge is 0.448 e. The van der Waals surface area contributed by atoms with E-state index < -0.39 is 29.8 Å². The van der Waals surface area contributed by atoms with Crippen LogP contribution in [0.3, 0.4) is 0 Å². The van der Waals surface area contributed by atoms with Crippen LogP contribution < -0.4 is 5.32 Å². The second-order valence-corrected chi connectivity index (χ2v) is 4.88. The first-order valence-corrected chi connectivity index (χ1v) is 5.53. The zero-order chi connectivity index (χ0) is 13.7. The van der Waals surface area contributed by atoms with Gasteiger partial charge in [-0.05, 0) is 27.7 Å². The van der Waals surface area contributed by atoms with Crippen molar-refractivity contribution in [1.29, 1.82) is 0 Å². The lowest BCUT2D eigenvalue weighted by Gasteiger charge is -2.28. The molecule has 0 rings (SSSR count). The summed E-state index contributed by atoms with van der Waals surface area (Å²) in [6.45, 7) is 5.73. The van der Waals surface area contributed by atoms with E-state index in [4.69, 9.17) is 21.4 Å². The molecule has 0 fully saturated rings. The summed E-state index contributed by atoms with van der Waals surface area (Å²) in [6.07, 6.45) is -0.819. The molecule has 0 aliphatic heterocycles. The van der Waals surface area contributed by atoms with Gasteiger partial charge >= 0.3 is 12.1 Å². The quantitative estimate of drug-likeness (QED) is 0.586. The number of carbonyl (C=O) groups is 2. The summed E-state index contributed by atoms with van der Waals surface area (Å²) in [4.78, 5) is 22.9. The van der Waals surface area contributed by atoms with Crippen LogP contribution in [0.25, 0.3) is 0 Å². The molecule has 7 heteroatoms. The van der Waals surface area contributed by atoms with E-state index in [1.165, 1.54) is 6.92 Å². The molecule has 100 valence electrons. The Balaban J connectivity index is 4.58. The minimum absolute atomic E-state index is 0.357. The molecule has 6 nitrogen and oxygen atoms in total. The Morgan fingerprint density at radius 2 is 1.82 bits per heavy atom. The van der Waals surface area contributed by atoms with Crippen LogP contribution in [0.15, 0.2) is 0 Å². The van der Waals surface area contributed by atoms with Crippen molar-refractivity contribution in [3.8, 4) is 0 Å². The maximum Gasteiger partial charge on any atom is 0.408 e. The number of esters is 1. The average molecular weight is 268 g/mol. The highest BCUT2D eigenvalue weighted by Crippen LogP contribution is 2.11. The number of rotatable bonds is 4. The molecule has 0 aromatic carbocycles. The van der Waals surface area contributed by atoms with Gasteiger partial charge in [-0.3, -0.25) is 0 Å². The van der Waals surface area contributed by atoms with Gasteiger partial charge in [0.15, 0.2) is 11.6 Å². The van der Waals surface area contributed by atoms with Crippen LogP contribution >= 0.6 is 11.6 Å². The van der Waals surface area contributed by atoms with Crippen LogP contribution in [0.2, 0.25) is 0 Å². The van der Waals surface area contributed by atoms with E-state index in [2.05, 4.69) is 10.1 Å². The second-order valence-electron chi connectivity index (χ2n) is 4.66. The van der Waals surface area contributed by atoms with E-state index in [1.807, 2.05) is 0 Å². The third kappa shape index (κ3) is 5.74. The van der Waals surface area contributed by atoms with Crippen LogP contribution in [0.5, 0.6) is 0 Å². The van der Waals surface area contributed by atoms with Gasteiger partial charge in [-0.25, -0.2) is 9.59 Å². The van der Waals surface area contributed by atoms with Gasteiger partial charge in [-0.15, -0.1) is 0 Å². The lowest BCUT2D eigenvalue weighted by molar-refractivity contribution is -0.150. The minimum atomic E-state index is -1.57. The molecule has 0 aromatic rings. The van der Waals surface area contributed by atoms with E-state index in [1.54, 1.807) is 20.8 Å². The number of alkyl carbamates (subject to hydrolysis) is 1. The number of ether oxygens (including phenoxy) is 2. The van der Waals surface area contributed by atoms with Crippen LogP contribution in [0.1, 0.15) is 27.7 Å². The predicted molar refractivity (Wildman–Crippen MR) is 61.7 cm³/mol. The average Bonchev–Trinajstić information content (AvgIpc) is 2.14. The first-order chi connectivity index (χ1) is 7.64. The number of carbonyl (C=O) groups excluding carboxylic acids is 2. The SMILES string of the molecule is CC(C)(C)OC(=O)NC(C)(CO)C(=O)OCCl. The van der Waals surface area contributed by atoms with Gasteiger partial charge in [0.05, 0.1) is 6.61 Å². The Labute approximate surface area is 105 Å². The first kappa shape index (κ1) is 16.0. The molecule has 1 atom stereocenters. The molecule has 0 bridgehead atoms. The molecule has 0 radical (unpaired) electrons. The van der Waals surface area contributed by atoms with Crippen LogP contribution in [0, 0.1) is 0 Å². The number of amides is 1. The zero-order valence-electron chi connectivity index (χ0n) is 10.4. The molecule has 17 heavy (non-hydrogen) atoms. The molecule has 0 saturated carbocycles. The number of aliphatic hydroxyl groups excluding tert-OH is 1. The summed E-state index contributed by atoms with van der Waals surface area (Å²) < 4.78 is 9.49. The molecule has 0 saturated heterocycles. The number of hydrogen-bond donors (Lipinski definition) is 2. The fraction of sp³-hybridized carbons (Fsp3) is 0.800. The van der Waals surface area contributed by atoms with Gasteiger partial charge in [-0.2, -0.15) is 0 Å². The fourth-order valence-corrected chi connectivity index (χ4v) is 0.992. The van der Waals surface area contributed by atoms with Crippen molar-refractivity contribution >= 4 is 23.7 Å². The van der Waals surface area contributed by atoms with E-state index in [-0.39, 0.29) is 6.07 Å². The highest BCUT2D eigenvalue weighted by molar-refractivity contribution is 6.17. The molecular weight excluding hydrogens is 250 g/mol. The van der Waals surface area contributed by atoms with E-state index in [9.17, 15) is 9.59 Å². The maximum absolute atomic E-state index is 11.5. The van der Waals surface area contributed by atoms with Crippen molar-refractivity contribution in [2.75, 3.05) is 12.7 Å². The van der Waals surface area contributed by atoms with Crippen LogP contribution in [0.4, 0.5) is 4.79 Å². The predicted octanol–water partition coefficient (Wildman–Crippen LogP) is 1.00. The summed E-state index contributed by atoms with van der Waals surface area (Å²) in [7, 11) is 0. The van der Waals surface area contributed by atoms with Gasteiger partial charge in [0.1, 0.15) is 5.60 Å². The molecule has 0 aromatic heterocycles. The van der Waals surface area contributed by atoms with E-state index in [0.29, 0.717) is 0 Å². The third-order valence-corrected chi connectivity index (χ3v) is 1.84. The van der Waals surface area contributed by atoms with Crippen molar-refractivity contribution in [3.63, 3.8) is 0 Å². The van der Waals surface area contributed by atoms with Gasteiger partial charge in [0.2, 0.25) is 0 Å². The van der Waals surface area contributed by atoms with Crippen LogP contribution in [-0.2, 0) is 14.3 Å². The smallest absolute Gasteiger partial charge is 0.408 e. The van der Waals surface area contributed by atoms with Crippen molar-refractivity contribution < 1.29 is 24.2 Å². The topological polar surface area (TPSA) is 84.9 Å². The van der Waals surface area contributed by atoms with Crippen molar-refractivity contribution in [3.05, 3.63) is 0 Å². The molecule has 0 spiro atoms. The Morgan fingerprint density at radius 1 is 1.29 bits per heavy atom. The Morgan fingerprint density at radius 3 is 2.18 bits per heavy atom. The Kier molecular flexibility index (Phi) is 5.71. The highest BCUT2D eigenvalue weighted by Gasteiger charge is 2.37. The molecule has 0 aliphatic carbocycles. The van der Waals surface area contributed by atoms with Gasteiger partial charge < -0.3 is 19.9 Å². The summed E-state index contributed by atoms with van der Waals surface area (Å²) in [5.41, 5.74) is -2.27. The first-order valence-electron chi connectivity index (χ1n) is 5.00. The second kappa shape index (κ2) is 6.07. The molecule has 0 heterocycles. The fourth-order valence-electron chi connectivity index (χ4n) is 0.893. The summed E-state index contributed by atoms with van der Waals surface area (Å²) >= 11 is 5.23. The summed E-state index contributed by atoms with van der Waals surface area (Å²) in [6, 6.07) is -0.357. The minimum Gasteiger partial charge on any atom is -0.448 e. The third-order valence-electron chi connectivity index (χ3n) is 1.73. The Hall–Kier alpha value is -1.01. The maximum atomic E-state index is 11.5. The number of hydrogen-bond acceptors (Lipinski definition) is 5. The number of halogens is 1. The van der Waals surface area contributed by atoms with Crippen LogP contribution in [-0.4, -0.2) is 41.0 Å². The monoisotopic (exact) mass is 267 g/mol. The molecular formula is C10H18ClNO5.